The van der Waals surface area contributed by atoms with E-state index in [-0.39, 0.29) is 5.97 Å². The molecule has 0 spiro atoms. The third-order valence-corrected chi connectivity index (χ3v) is 8.76. The molecule has 4 atom stereocenters. The molecule has 0 amide bonds. The third kappa shape index (κ3) is 1.87. The highest BCUT2D eigenvalue weighted by Gasteiger charge is 3.04. The van der Waals surface area contributed by atoms with Crippen LogP contribution >= 0.6 is 0 Å². The summed E-state index contributed by atoms with van der Waals surface area (Å²) in [5.41, 5.74) is -0.715. The van der Waals surface area contributed by atoms with Crippen LogP contribution in [0, 0.1) is 10.8 Å². The summed E-state index contributed by atoms with van der Waals surface area (Å²) in [6.45, 7) is 4.17. The highest BCUT2D eigenvalue weighted by atomic mass is 16.5. The number of hydrogen-bond donors (Lipinski definition) is 0. The van der Waals surface area contributed by atoms with Gasteiger partial charge in [0, 0.05) is 0 Å². The van der Waals surface area contributed by atoms with E-state index in [9.17, 15) is 9.59 Å². The summed E-state index contributed by atoms with van der Waals surface area (Å²) in [5.74, 6) is -0.773. The lowest BCUT2D eigenvalue weighted by Crippen LogP contribution is -2.43. The van der Waals surface area contributed by atoms with Crippen LogP contribution in [0.4, 0.5) is 0 Å². The minimum atomic E-state index is -1.13. The monoisotopic (exact) mass is 456 g/mol. The van der Waals surface area contributed by atoms with Gasteiger partial charge in [-0.25, -0.2) is 9.97 Å². The van der Waals surface area contributed by atoms with Crippen molar-refractivity contribution in [3.05, 3.63) is 59.9 Å². The number of carbonyl (C=O) groups is 2. The maximum Gasteiger partial charge on any atom is 0.317 e. The van der Waals surface area contributed by atoms with Gasteiger partial charge in [0.2, 0.25) is 0 Å². The number of aromatic nitrogens is 2. The van der Waals surface area contributed by atoms with Crippen LogP contribution < -0.4 is 0 Å². The molecule has 4 unspecified atom stereocenters. The largest absolute Gasteiger partial charge is 0.468 e. The molecule has 1 aromatic heterocycles. The fourth-order valence-corrected chi connectivity index (χ4v) is 7.91. The summed E-state index contributed by atoms with van der Waals surface area (Å²) in [7, 11) is 2.80. The van der Waals surface area contributed by atoms with Gasteiger partial charge in [-0.15, -0.1) is 0 Å². The molecule has 0 bridgehead atoms. The van der Waals surface area contributed by atoms with E-state index in [2.05, 4.69) is 32.0 Å². The zero-order chi connectivity index (χ0) is 23.9. The number of methoxy groups -OCH3 is 2. The van der Waals surface area contributed by atoms with Crippen molar-refractivity contribution in [2.75, 3.05) is 14.2 Å². The van der Waals surface area contributed by atoms with Crippen molar-refractivity contribution in [2.45, 2.75) is 50.4 Å². The second kappa shape index (κ2) is 6.65. The van der Waals surface area contributed by atoms with Crippen molar-refractivity contribution < 1.29 is 19.1 Å². The predicted molar refractivity (Wildman–Crippen MR) is 128 cm³/mol. The summed E-state index contributed by atoms with van der Waals surface area (Å²) in [6.07, 6.45) is 6.85. The second-order valence-electron chi connectivity index (χ2n) is 9.86. The Hall–Kier alpha value is -3.28. The normalized spacial score (nSPS) is 32.0. The number of hydrogen-bond acceptors (Lipinski definition) is 6. The van der Waals surface area contributed by atoms with Crippen molar-refractivity contribution >= 4 is 33.7 Å². The molecule has 3 aliphatic carbocycles. The van der Waals surface area contributed by atoms with Crippen LogP contribution in [-0.2, 0) is 29.9 Å². The molecule has 0 saturated heterocycles. The van der Waals surface area contributed by atoms with Gasteiger partial charge in [-0.3, -0.25) is 9.59 Å². The number of nitrogens with zero attached hydrogens (tertiary/aromatic N) is 2. The number of fused-ring (bicyclic) bond motifs is 6. The van der Waals surface area contributed by atoms with E-state index >= 15 is 0 Å². The van der Waals surface area contributed by atoms with Crippen molar-refractivity contribution in [3.63, 3.8) is 0 Å². The first-order chi connectivity index (χ1) is 16.5. The van der Waals surface area contributed by atoms with E-state index in [1.807, 2.05) is 30.4 Å². The average Bonchev–Trinajstić information content (AvgIpc) is 3.19. The number of carbonyl (C=O) groups excluding carboxylic acids is 2. The molecule has 1 fully saturated rings. The van der Waals surface area contributed by atoms with Crippen LogP contribution in [0.5, 0.6) is 0 Å². The van der Waals surface area contributed by atoms with Gasteiger partial charge in [0.15, 0.2) is 0 Å². The van der Waals surface area contributed by atoms with Gasteiger partial charge in [-0.1, -0.05) is 63.1 Å². The van der Waals surface area contributed by atoms with E-state index in [0.29, 0.717) is 12.8 Å². The number of rotatable bonds is 6. The van der Waals surface area contributed by atoms with Gasteiger partial charge < -0.3 is 9.47 Å². The van der Waals surface area contributed by atoms with E-state index in [1.165, 1.54) is 14.2 Å². The van der Waals surface area contributed by atoms with Crippen molar-refractivity contribution in [2.24, 2.45) is 10.8 Å². The van der Waals surface area contributed by atoms with E-state index < -0.39 is 27.6 Å². The number of esters is 2. The van der Waals surface area contributed by atoms with E-state index in [0.717, 1.165) is 46.0 Å². The number of allylic oxidation sites excluding steroid dienone is 1. The lowest BCUT2D eigenvalue weighted by Gasteiger charge is -2.33. The van der Waals surface area contributed by atoms with Gasteiger partial charge in [0.1, 0.15) is 10.8 Å². The second-order valence-corrected chi connectivity index (χ2v) is 9.86. The Morgan fingerprint density at radius 3 is 1.97 bits per heavy atom. The van der Waals surface area contributed by atoms with E-state index in [4.69, 9.17) is 19.4 Å². The first kappa shape index (κ1) is 21.3. The lowest BCUT2D eigenvalue weighted by atomic mass is 9.68. The average molecular weight is 457 g/mol. The first-order valence-electron chi connectivity index (χ1n) is 12.0. The standard InChI is InChI=1S/C28H28N2O4/c1-5-11-25-13-14-27(23(31)33-3)26(12-6-2,28(25,27)24(32)34-4)22-21(25)29-19-15-17-9-7-8-10-18(17)16-20(19)30-22/h7-10,13-16H,5-6,11-12H2,1-4H3. The van der Waals surface area contributed by atoms with Gasteiger partial charge in [-0.05, 0) is 35.7 Å². The summed E-state index contributed by atoms with van der Waals surface area (Å²) < 4.78 is 10.8. The maximum absolute atomic E-state index is 13.9. The Morgan fingerprint density at radius 1 is 0.824 bits per heavy atom. The first-order valence-corrected chi connectivity index (χ1v) is 12.0. The van der Waals surface area contributed by atoms with Crippen LogP contribution in [0.15, 0.2) is 48.6 Å². The van der Waals surface area contributed by atoms with Gasteiger partial charge in [0.05, 0.1) is 47.5 Å². The Balaban J connectivity index is 1.75. The number of benzene rings is 2. The molecule has 2 aromatic carbocycles. The molecule has 6 nitrogen and oxygen atoms in total. The molecule has 3 aromatic rings. The van der Waals surface area contributed by atoms with Crippen LogP contribution in [-0.4, -0.2) is 36.1 Å². The summed E-state index contributed by atoms with van der Waals surface area (Å²) in [6, 6.07) is 12.2. The Labute approximate surface area is 198 Å². The molecule has 6 heteroatoms. The fourth-order valence-electron chi connectivity index (χ4n) is 7.91. The molecule has 174 valence electrons. The molecule has 6 rings (SSSR count). The SMILES string of the molecule is CCCC12C=CC3(C(=O)OC)C(CCC)(c4nc5cc6ccccc6cc5nc41)C23C(=O)OC. The molecule has 1 heterocycles. The summed E-state index contributed by atoms with van der Waals surface area (Å²) in [4.78, 5) is 37.8. The zero-order valence-corrected chi connectivity index (χ0v) is 20.0. The summed E-state index contributed by atoms with van der Waals surface area (Å²) >= 11 is 0. The molecule has 0 N–H and O–H groups in total. The van der Waals surface area contributed by atoms with Crippen molar-refractivity contribution in [1.29, 1.82) is 0 Å². The van der Waals surface area contributed by atoms with Crippen LogP contribution in [0.1, 0.15) is 50.9 Å². The smallest absolute Gasteiger partial charge is 0.317 e. The maximum atomic E-state index is 13.9. The molecule has 1 saturated carbocycles. The minimum Gasteiger partial charge on any atom is -0.468 e. The van der Waals surface area contributed by atoms with Gasteiger partial charge in [-0.2, -0.15) is 0 Å². The summed E-state index contributed by atoms with van der Waals surface area (Å²) in [5, 5.41) is 2.17. The van der Waals surface area contributed by atoms with Crippen molar-refractivity contribution in [1.82, 2.24) is 9.97 Å². The van der Waals surface area contributed by atoms with Gasteiger partial charge >= 0.3 is 11.9 Å². The Morgan fingerprint density at radius 2 is 1.41 bits per heavy atom. The molecule has 0 aliphatic heterocycles. The molecule has 0 radical (unpaired) electrons. The fraction of sp³-hybridized carbons (Fsp3) is 0.429. The highest BCUT2D eigenvalue weighted by Crippen LogP contribution is 2.93. The van der Waals surface area contributed by atoms with Crippen LogP contribution in [0.25, 0.3) is 21.8 Å². The molecular weight excluding hydrogens is 428 g/mol. The van der Waals surface area contributed by atoms with Crippen molar-refractivity contribution in [3.8, 4) is 0 Å². The molecule has 3 aliphatic rings. The lowest BCUT2D eigenvalue weighted by molar-refractivity contribution is -0.157. The quantitative estimate of drug-likeness (QED) is 0.302. The third-order valence-electron chi connectivity index (χ3n) is 8.76. The van der Waals surface area contributed by atoms with Gasteiger partial charge in [0.25, 0.3) is 0 Å². The minimum absolute atomic E-state index is 0.376. The molecular formula is C28H28N2O4. The topological polar surface area (TPSA) is 78.4 Å². The highest BCUT2D eigenvalue weighted by molar-refractivity contribution is 6.07. The zero-order valence-electron chi connectivity index (χ0n) is 20.0. The van der Waals surface area contributed by atoms with E-state index in [1.54, 1.807) is 0 Å². The number of ether oxygens (including phenoxy) is 2. The Kier molecular flexibility index (Phi) is 4.16. The predicted octanol–water partition coefficient (Wildman–Crippen LogP) is 4.77. The van der Waals surface area contributed by atoms with Crippen LogP contribution in [0.3, 0.4) is 0 Å². The van der Waals surface area contributed by atoms with Crippen LogP contribution in [0.2, 0.25) is 0 Å². The Bertz CT molecular complexity index is 1430. The molecule has 34 heavy (non-hydrogen) atoms.